The lowest BCUT2D eigenvalue weighted by Crippen LogP contribution is -2.42. The number of benzene rings is 1. The van der Waals surface area contributed by atoms with Gasteiger partial charge in [-0.2, -0.15) is 0 Å². The van der Waals surface area contributed by atoms with Crippen molar-refractivity contribution in [3.05, 3.63) is 29.8 Å². The maximum Gasteiger partial charge on any atom is 0.248 e. The van der Waals surface area contributed by atoms with E-state index in [1.165, 1.54) is 0 Å². The topological polar surface area (TPSA) is 107 Å². The fraction of sp³-hybridized carbons (Fsp3) is 0.467. The van der Waals surface area contributed by atoms with E-state index in [4.69, 9.17) is 16.2 Å². The molecule has 7 heteroatoms. The highest BCUT2D eigenvalue weighted by Gasteiger charge is 2.30. The van der Waals surface area contributed by atoms with E-state index in [9.17, 15) is 9.59 Å². The summed E-state index contributed by atoms with van der Waals surface area (Å²) in [7, 11) is 0. The van der Waals surface area contributed by atoms with E-state index >= 15 is 0 Å². The van der Waals surface area contributed by atoms with Crippen LogP contribution in [0.25, 0.3) is 0 Å². The van der Waals surface area contributed by atoms with Gasteiger partial charge in [-0.1, -0.05) is 0 Å². The van der Waals surface area contributed by atoms with Crippen molar-refractivity contribution in [3.63, 3.8) is 0 Å². The molecule has 0 aromatic heterocycles. The van der Waals surface area contributed by atoms with Crippen LogP contribution < -0.4 is 21.5 Å². The van der Waals surface area contributed by atoms with Gasteiger partial charge in [-0.05, 0) is 43.0 Å². The van der Waals surface area contributed by atoms with E-state index in [-0.39, 0.29) is 37.4 Å². The summed E-state index contributed by atoms with van der Waals surface area (Å²) in [6, 6.07) is 6.59. The monoisotopic (exact) mass is 327 g/mol. The van der Waals surface area contributed by atoms with Gasteiger partial charge in [0.05, 0.1) is 13.0 Å². The molecule has 1 aromatic rings. The number of carbonyl (C=O) groups excluding carboxylic acids is 2. The fourth-order valence-corrected chi connectivity index (χ4v) is 2.12. The van der Waals surface area contributed by atoms with Crippen molar-refractivity contribution in [3.8, 4) is 5.75 Å². The van der Waals surface area contributed by atoms with E-state index in [0.29, 0.717) is 23.8 Å². The summed E-state index contributed by atoms with van der Waals surface area (Å²) in [5.41, 5.74) is 11.2. The summed E-state index contributed by atoms with van der Waals surface area (Å²) < 4.78 is 5.46. The zero-order valence-electron chi connectivity index (χ0n) is 12.3. The summed E-state index contributed by atoms with van der Waals surface area (Å²) in [5, 5.41) is 2.93. The molecule has 6 nitrogen and oxygen atoms in total. The Morgan fingerprint density at radius 2 is 1.91 bits per heavy atom. The van der Waals surface area contributed by atoms with Crippen LogP contribution in [0.15, 0.2) is 24.3 Å². The van der Waals surface area contributed by atoms with Crippen LogP contribution in [0, 0.1) is 5.92 Å². The normalized spacial score (nSPS) is 14.6. The van der Waals surface area contributed by atoms with Crippen LogP contribution in [0.2, 0.25) is 0 Å². The quantitative estimate of drug-likeness (QED) is 0.657. The van der Waals surface area contributed by atoms with Crippen molar-refractivity contribution < 1.29 is 14.3 Å². The maximum absolute atomic E-state index is 11.8. The van der Waals surface area contributed by atoms with Gasteiger partial charge in [-0.15, -0.1) is 12.4 Å². The first-order valence-corrected chi connectivity index (χ1v) is 7.12. The smallest absolute Gasteiger partial charge is 0.248 e. The highest BCUT2D eigenvalue weighted by molar-refractivity contribution is 5.92. The average Bonchev–Trinajstić information content (AvgIpc) is 3.30. The van der Waals surface area contributed by atoms with Crippen LogP contribution in [0.4, 0.5) is 0 Å². The van der Waals surface area contributed by atoms with Gasteiger partial charge in [0, 0.05) is 18.2 Å². The number of hydrogen-bond acceptors (Lipinski definition) is 4. The van der Waals surface area contributed by atoms with Crippen molar-refractivity contribution >= 4 is 24.2 Å². The van der Waals surface area contributed by atoms with Crippen LogP contribution in [-0.2, 0) is 4.79 Å². The Hall–Kier alpha value is -1.79. The molecule has 2 amide bonds. The molecule has 1 unspecified atom stereocenters. The Balaban J connectivity index is 0.00000242. The van der Waals surface area contributed by atoms with Crippen molar-refractivity contribution in [2.45, 2.75) is 25.3 Å². The number of rotatable bonds is 8. The molecule has 1 aromatic carbocycles. The Labute approximate surface area is 136 Å². The Bertz CT molecular complexity index is 503. The third-order valence-electron chi connectivity index (χ3n) is 3.53. The first-order chi connectivity index (χ1) is 10.1. The summed E-state index contributed by atoms with van der Waals surface area (Å²) >= 11 is 0. The number of amides is 2. The van der Waals surface area contributed by atoms with Crippen molar-refractivity contribution in [2.24, 2.45) is 17.4 Å². The van der Waals surface area contributed by atoms with Gasteiger partial charge in [-0.3, -0.25) is 9.59 Å². The number of primary amides is 1. The van der Waals surface area contributed by atoms with Crippen LogP contribution in [0.3, 0.4) is 0 Å². The average molecular weight is 328 g/mol. The first kappa shape index (κ1) is 18.3. The van der Waals surface area contributed by atoms with Gasteiger partial charge in [-0.25, -0.2) is 0 Å². The molecular weight excluding hydrogens is 306 g/mol. The van der Waals surface area contributed by atoms with Gasteiger partial charge in [0.1, 0.15) is 5.75 Å². The lowest BCUT2D eigenvalue weighted by Gasteiger charge is -2.16. The zero-order chi connectivity index (χ0) is 15.2. The lowest BCUT2D eigenvalue weighted by molar-refractivity contribution is -0.122. The second kappa shape index (κ2) is 8.60. The van der Waals surface area contributed by atoms with Crippen LogP contribution in [-0.4, -0.2) is 31.0 Å². The molecule has 0 aliphatic heterocycles. The highest BCUT2D eigenvalue weighted by Crippen LogP contribution is 2.32. The highest BCUT2D eigenvalue weighted by atomic mass is 35.5. The Kier molecular flexibility index (Phi) is 7.14. The molecule has 2 rings (SSSR count). The summed E-state index contributed by atoms with van der Waals surface area (Å²) in [6.07, 6.45) is 2.57. The van der Waals surface area contributed by atoms with E-state index < -0.39 is 5.91 Å². The fourth-order valence-electron chi connectivity index (χ4n) is 2.12. The van der Waals surface area contributed by atoms with Gasteiger partial charge in [0.2, 0.25) is 11.8 Å². The minimum atomic E-state index is -0.478. The third-order valence-corrected chi connectivity index (χ3v) is 3.53. The van der Waals surface area contributed by atoms with Crippen molar-refractivity contribution in [1.29, 1.82) is 0 Å². The van der Waals surface area contributed by atoms with Crippen LogP contribution in [0.1, 0.15) is 29.6 Å². The van der Waals surface area contributed by atoms with Crippen LogP contribution >= 0.6 is 12.4 Å². The third kappa shape index (κ3) is 5.54. The van der Waals surface area contributed by atoms with Gasteiger partial charge < -0.3 is 21.5 Å². The molecule has 1 aliphatic carbocycles. The molecule has 22 heavy (non-hydrogen) atoms. The molecule has 122 valence electrons. The largest absolute Gasteiger partial charge is 0.493 e. The predicted molar refractivity (Wildman–Crippen MR) is 86.0 cm³/mol. The Morgan fingerprint density at radius 1 is 1.27 bits per heavy atom. The van der Waals surface area contributed by atoms with Gasteiger partial charge in [0.25, 0.3) is 0 Å². The standard InChI is InChI=1S/C15H21N3O3.ClH/c16-9-13(10-1-2-10)18-14(19)7-8-21-12-5-3-11(4-6-12)15(17)20;/h3-6,10,13H,1-2,7-9,16H2,(H2,17,20)(H,18,19);1H. The molecule has 0 spiro atoms. The van der Waals surface area contributed by atoms with Crippen molar-refractivity contribution in [1.82, 2.24) is 5.32 Å². The molecule has 1 aliphatic rings. The molecular formula is C15H22ClN3O3. The molecule has 5 N–H and O–H groups in total. The molecule has 0 bridgehead atoms. The first-order valence-electron chi connectivity index (χ1n) is 7.12. The molecule has 0 saturated heterocycles. The Morgan fingerprint density at radius 3 is 2.41 bits per heavy atom. The van der Waals surface area contributed by atoms with Crippen LogP contribution in [0.5, 0.6) is 5.75 Å². The molecule has 1 atom stereocenters. The van der Waals surface area contributed by atoms with E-state index in [1.807, 2.05) is 0 Å². The van der Waals surface area contributed by atoms with E-state index in [0.717, 1.165) is 12.8 Å². The molecule has 0 heterocycles. The number of hydrogen-bond donors (Lipinski definition) is 3. The number of halogens is 1. The second-order valence-electron chi connectivity index (χ2n) is 5.23. The van der Waals surface area contributed by atoms with Gasteiger partial charge >= 0.3 is 0 Å². The second-order valence-corrected chi connectivity index (χ2v) is 5.23. The predicted octanol–water partition coefficient (Wildman–Crippen LogP) is 0.830. The number of carbonyl (C=O) groups is 2. The van der Waals surface area contributed by atoms with Gasteiger partial charge in [0.15, 0.2) is 0 Å². The van der Waals surface area contributed by atoms with Crippen molar-refractivity contribution in [2.75, 3.05) is 13.2 Å². The minimum Gasteiger partial charge on any atom is -0.493 e. The maximum atomic E-state index is 11.8. The lowest BCUT2D eigenvalue weighted by atomic mass is 10.2. The minimum absolute atomic E-state index is 0. The zero-order valence-corrected chi connectivity index (χ0v) is 13.1. The number of nitrogens with one attached hydrogen (secondary N) is 1. The molecule has 1 saturated carbocycles. The SMILES string of the molecule is Cl.NCC(NC(=O)CCOc1ccc(C(N)=O)cc1)C1CC1. The number of ether oxygens (including phenoxy) is 1. The summed E-state index contributed by atoms with van der Waals surface area (Å²) in [6.45, 7) is 0.759. The molecule has 1 fully saturated rings. The summed E-state index contributed by atoms with van der Waals surface area (Å²) in [5.74, 6) is 0.617. The van der Waals surface area contributed by atoms with E-state index in [2.05, 4.69) is 5.32 Å². The van der Waals surface area contributed by atoms with E-state index in [1.54, 1.807) is 24.3 Å². The molecule has 0 radical (unpaired) electrons. The summed E-state index contributed by atoms with van der Waals surface area (Å²) in [4.78, 5) is 22.7. The number of nitrogens with two attached hydrogens (primary N) is 2.